The number of piperazine rings is 1. The van der Waals surface area contributed by atoms with Crippen LogP contribution in [-0.2, 0) is 22.6 Å². The van der Waals surface area contributed by atoms with Crippen molar-refractivity contribution in [3.8, 4) is 0 Å². The number of rotatable bonds is 11. The molecule has 3 aromatic carbocycles. The van der Waals surface area contributed by atoms with Crippen LogP contribution in [0.15, 0.2) is 84.5 Å². The molecule has 3 aliphatic rings. The molecule has 1 N–H and O–H groups in total. The van der Waals surface area contributed by atoms with Crippen molar-refractivity contribution < 1.29 is 18.6 Å². The summed E-state index contributed by atoms with van der Waals surface area (Å²) >= 11 is 1.70. The second kappa shape index (κ2) is 14.3. The minimum absolute atomic E-state index is 0.136. The minimum atomic E-state index is -0.947. The van der Waals surface area contributed by atoms with Crippen molar-refractivity contribution in [1.82, 2.24) is 19.8 Å². The number of hydrogen-bond acceptors (Lipinski definition) is 10. The van der Waals surface area contributed by atoms with Gasteiger partial charge in [0.15, 0.2) is 0 Å². The van der Waals surface area contributed by atoms with Gasteiger partial charge in [0.2, 0.25) is 6.35 Å². The van der Waals surface area contributed by atoms with Crippen LogP contribution in [0.4, 0.5) is 25.8 Å². The lowest BCUT2D eigenvalue weighted by atomic mass is 9.90. The molecule has 3 aliphatic heterocycles. The van der Waals surface area contributed by atoms with Gasteiger partial charge in [-0.2, -0.15) is 10.2 Å². The summed E-state index contributed by atoms with van der Waals surface area (Å²) < 4.78 is 36.9. The van der Waals surface area contributed by atoms with E-state index in [0.717, 1.165) is 56.5 Å². The van der Waals surface area contributed by atoms with Crippen LogP contribution < -0.4 is 14.7 Å². The van der Waals surface area contributed by atoms with Crippen molar-refractivity contribution in [2.24, 2.45) is 5.10 Å². The number of halogens is 2. The Morgan fingerprint density at radius 3 is 2.27 bits per heavy atom. The number of hydrazone groups is 1. The fourth-order valence-electron chi connectivity index (χ4n) is 6.81. The van der Waals surface area contributed by atoms with Gasteiger partial charge in [0.1, 0.15) is 41.7 Å². The number of aliphatic hydroxyl groups excluding tert-OH is 1. The van der Waals surface area contributed by atoms with Crippen LogP contribution in [-0.4, -0.2) is 75.2 Å². The lowest BCUT2D eigenvalue weighted by Crippen LogP contribution is -2.46. The maximum atomic E-state index is 15.0. The Labute approximate surface area is 290 Å². The summed E-state index contributed by atoms with van der Waals surface area (Å²) in [6.07, 6.45) is 6.18. The molecule has 13 heteroatoms. The fourth-order valence-corrected chi connectivity index (χ4v) is 7.92. The van der Waals surface area contributed by atoms with E-state index in [9.17, 15) is 13.9 Å². The molecule has 0 amide bonds. The predicted octanol–water partition coefficient (Wildman–Crippen LogP) is 5.99. The Kier molecular flexibility index (Phi) is 9.75. The first-order valence-electron chi connectivity index (χ1n) is 16.9. The van der Waals surface area contributed by atoms with Gasteiger partial charge in [-0.15, -0.1) is 11.8 Å². The number of hydrogen-bond donors (Lipinski definition) is 1. The topological polar surface area (TPSA) is 85.5 Å². The molecular formula is C36H42F2N8O2S. The summed E-state index contributed by atoms with van der Waals surface area (Å²) in [5.74, 6) is -0.459. The first-order valence-corrected chi connectivity index (χ1v) is 17.9. The van der Waals surface area contributed by atoms with Gasteiger partial charge in [0.25, 0.3) is 0 Å². The summed E-state index contributed by atoms with van der Waals surface area (Å²) in [6, 6.07) is 20.9. The number of aromatic nitrogens is 3. The highest BCUT2D eigenvalue weighted by molar-refractivity contribution is 7.99. The van der Waals surface area contributed by atoms with Crippen LogP contribution in [0.5, 0.6) is 0 Å². The zero-order valence-electron chi connectivity index (χ0n) is 27.8. The molecule has 4 aromatic rings. The molecule has 258 valence electrons. The number of ether oxygens (including phenoxy) is 1. The average Bonchev–Trinajstić information content (AvgIpc) is 3.88. The van der Waals surface area contributed by atoms with Gasteiger partial charge in [0, 0.05) is 66.7 Å². The highest BCUT2D eigenvalue weighted by Gasteiger charge is 2.44. The van der Waals surface area contributed by atoms with Gasteiger partial charge < -0.3 is 19.6 Å². The normalized spacial score (nSPS) is 23.1. The number of thioether (sulfide) groups is 1. The standard InChI is InChI=1S/C36H42F2N8O2S/c1-3-26(2)46-35(47)45(25-41-46)31-11-9-30(10-12-31)43-18-16-42(17-19-43)29-7-4-27(5-8-29)21-49-34-14-15-36(48-34,22-44-24-39-23-40-44)32-13-6-28(37)20-33(32)38/h4-13,20,23-26,34-35,47H,3,14-19,21-22H2,1-2H3. The van der Waals surface area contributed by atoms with Gasteiger partial charge in [-0.3, -0.25) is 4.90 Å². The summed E-state index contributed by atoms with van der Waals surface area (Å²) in [6.45, 7) is 8.11. The predicted molar refractivity (Wildman–Crippen MR) is 189 cm³/mol. The van der Waals surface area contributed by atoms with E-state index in [2.05, 4.69) is 75.2 Å². The molecule has 4 unspecified atom stereocenters. The Morgan fingerprint density at radius 2 is 1.63 bits per heavy atom. The second-order valence-electron chi connectivity index (χ2n) is 12.9. The van der Waals surface area contributed by atoms with Crippen LogP contribution >= 0.6 is 11.8 Å². The Morgan fingerprint density at radius 1 is 0.959 bits per heavy atom. The number of benzene rings is 3. The summed E-state index contributed by atoms with van der Waals surface area (Å²) in [5.41, 5.74) is 3.74. The van der Waals surface area contributed by atoms with Crippen molar-refractivity contribution >= 4 is 35.2 Å². The maximum Gasteiger partial charge on any atom is 0.228 e. The smallest absolute Gasteiger partial charge is 0.228 e. The molecule has 2 saturated heterocycles. The average molecular weight is 689 g/mol. The molecule has 4 atom stereocenters. The van der Waals surface area contributed by atoms with E-state index in [0.29, 0.717) is 18.5 Å². The SMILES string of the molecule is CCC(C)N1N=CN(c2ccc(N3CCN(c4ccc(CSC5CCC(Cn6cncn6)(c6ccc(F)cc6F)O5)cc4)CC3)cc2)C1O. The summed E-state index contributed by atoms with van der Waals surface area (Å²) in [5, 5.41) is 21.1. The molecule has 0 spiro atoms. The molecule has 7 rings (SSSR count). The third-order valence-electron chi connectivity index (χ3n) is 9.81. The van der Waals surface area contributed by atoms with Crippen molar-refractivity contribution in [3.63, 3.8) is 0 Å². The van der Waals surface area contributed by atoms with Crippen LogP contribution in [0.1, 0.15) is 44.2 Å². The highest BCUT2D eigenvalue weighted by atomic mass is 32.2. The molecule has 49 heavy (non-hydrogen) atoms. The highest BCUT2D eigenvalue weighted by Crippen LogP contribution is 2.45. The zero-order chi connectivity index (χ0) is 34.0. The molecule has 0 aliphatic carbocycles. The number of nitrogens with zero attached hydrogens (tertiary/aromatic N) is 8. The van der Waals surface area contributed by atoms with E-state index in [1.165, 1.54) is 35.4 Å². The van der Waals surface area contributed by atoms with Crippen molar-refractivity contribution in [1.29, 1.82) is 0 Å². The van der Waals surface area contributed by atoms with E-state index in [1.807, 2.05) is 12.1 Å². The molecule has 0 radical (unpaired) electrons. The van der Waals surface area contributed by atoms with Gasteiger partial charge in [0.05, 0.1) is 6.54 Å². The monoisotopic (exact) mass is 688 g/mol. The van der Waals surface area contributed by atoms with Crippen molar-refractivity contribution in [2.45, 2.75) is 68.8 Å². The van der Waals surface area contributed by atoms with Gasteiger partial charge in [-0.05, 0) is 74.2 Å². The Hall–Kier alpha value is -4.20. The number of aliphatic hydroxyl groups is 1. The maximum absolute atomic E-state index is 15.0. The zero-order valence-corrected chi connectivity index (χ0v) is 28.6. The first-order chi connectivity index (χ1) is 23.8. The van der Waals surface area contributed by atoms with Gasteiger partial charge in [-0.25, -0.2) is 23.5 Å². The minimum Gasteiger partial charge on any atom is -0.368 e. The van der Waals surface area contributed by atoms with E-state index in [-0.39, 0.29) is 11.5 Å². The summed E-state index contributed by atoms with van der Waals surface area (Å²) in [7, 11) is 0. The first kappa shape index (κ1) is 33.3. The molecule has 10 nitrogen and oxygen atoms in total. The third-order valence-corrected chi connectivity index (χ3v) is 11.0. The second-order valence-corrected chi connectivity index (χ2v) is 14.0. The fraction of sp³-hybridized carbons (Fsp3) is 0.417. The molecule has 1 aromatic heterocycles. The quantitative estimate of drug-likeness (QED) is 0.204. The van der Waals surface area contributed by atoms with Crippen molar-refractivity contribution in [3.05, 3.63) is 102 Å². The largest absolute Gasteiger partial charge is 0.368 e. The third kappa shape index (κ3) is 7.10. The molecule has 4 heterocycles. The lowest BCUT2D eigenvalue weighted by Gasteiger charge is -2.37. The van der Waals surface area contributed by atoms with Crippen LogP contribution in [0.3, 0.4) is 0 Å². The van der Waals surface area contributed by atoms with Gasteiger partial charge >= 0.3 is 0 Å². The molecule has 0 bridgehead atoms. The lowest BCUT2D eigenvalue weighted by molar-refractivity contribution is -0.0317. The van der Waals surface area contributed by atoms with Crippen LogP contribution in [0.2, 0.25) is 0 Å². The summed E-state index contributed by atoms with van der Waals surface area (Å²) in [4.78, 5) is 10.6. The van der Waals surface area contributed by atoms with E-state index in [1.54, 1.807) is 39.0 Å². The van der Waals surface area contributed by atoms with Gasteiger partial charge in [-0.1, -0.05) is 25.1 Å². The van der Waals surface area contributed by atoms with E-state index >= 15 is 0 Å². The molecular weight excluding hydrogens is 647 g/mol. The van der Waals surface area contributed by atoms with Crippen LogP contribution in [0, 0.1) is 11.6 Å². The number of anilines is 3. The van der Waals surface area contributed by atoms with E-state index < -0.39 is 23.6 Å². The molecule has 2 fully saturated rings. The Balaban J connectivity index is 0.910. The van der Waals surface area contributed by atoms with Crippen molar-refractivity contribution in [2.75, 3.05) is 40.9 Å². The van der Waals surface area contributed by atoms with Crippen LogP contribution in [0.25, 0.3) is 0 Å². The van der Waals surface area contributed by atoms with E-state index in [4.69, 9.17) is 4.74 Å². The Bertz CT molecular complexity index is 1720. The molecule has 0 saturated carbocycles.